The molecular formula is C28H23N3O6. The number of hydrogen-bond acceptors (Lipinski definition) is 8. The van der Waals surface area contributed by atoms with Gasteiger partial charge in [-0.15, -0.1) is 0 Å². The number of hydrogen-bond donors (Lipinski definition) is 0. The van der Waals surface area contributed by atoms with E-state index in [9.17, 15) is 19.7 Å². The fraction of sp³-hybridized carbons (Fsp3) is 0.214. The van der Waals surface area contributed by atoms with Gasteiger partial charge in [0.25, 0.3) is 5.69 Å². The van der Waals surface area contributed by atoms with Crippen LogP contribution in [0.25, 0.3) is 6.08 Å². The Morgan fingerprint density at radius 2 is 1.57 bits per heavy atom. The van der Waals surface area contributed by atoms with Gasteiger partial charge in [0.2, 0.25) is 6.79 Å². The third-order valence-electron chi connectivity index (χ3n) is 6.98. The molecule has 3 aromatic carbocycles. The summed E-state index contributed by atoms with van der Waals surface area (Å²) in [6.45, 7) is 3.97. The number of non-ortho nitro benzene ring substituents is 1. The molecule has 0 saturated carbocycles. The zero-order valence-corrected chi connectivity index (χ0v) is 19.9. The Balaban J connectivity index is 1.23. The third kappa shape index (κ3) is 4.23. The van der Waals surface area contributed by atoms with Gasteiger partial charge in [-0.1, -0.05) is 30.3 Å². The minimum atomic E-state index is -0.470. The van der Waals surface area contributed by atoms with Crippen molar-refractivity contribution in [2.45, 2.75) is 6.54 Å². The average Bonchev–Trinajstić information content (AvgIpc) is 3.48. The zero-order chi connectivity index (χ0) is 25.5. The molecule has 9 nitrogen and oxygen atoms in total. The van der Waals surface area contributed by atoms with Crippen molar-refractivity contribution < 1.29 is 24.0 Å². The fourth-order valence-electron chi connectivity index (χ4n) is 5.06. The van der Waals surface area contributed by atoms with Gasteiger partial charge in [-0.05, 0) is 29.8 Å². The summed E-state index contributed by atoms with van der Waals surface area (Å²) >= 11 is 0. The van der Waals surface area contributed by atoms with Crippen LogP contribution < -0.4 is 14.4 Å². The quantitative estimate of drug-likeness (QED) is 0.225. The van der Waals surface area contributed by atoms with E-state index in [0.717, 1.165) is 42.4 Å². The van der Waals surface area contributed by atoms with Crippen LogP contribution in [0.1, 0.15) is 31.8 Å². The van der Waals surface area contributed by atoms with E-state index in [1.807, 2.05) is 18.2 Å². The first kappa shape index (κ1) is 22.9. The highest BCUT2D eigenvalue weighted by Crippen LogP contribution is 2.34. The van der Waals surface area contributed by atoms with E-state index in [4.69, 9.17) is 9.47 Å². The van der Waals surface area contributed by atoms with Crippen molar-refractivity contribution in [1.29, 1.82) is 0 Å². The number of fused-ring (bicyclic) bond motifs is 2. The van der Waals surface area contributed by atoms with E-state index in [2.05, 4.69) is 9.80 Å². The molecule has 1 fully saturated rings. The predicted octanol–water partition coefficient (Wildman–Crippen LogP) is 4.11. The van der Waals surface area contributed by atoms with E-state index < -0.39 is 4.92 Å². The summed E-state index contributed by atoms with van der Waals surface area (Å²) in [7, 11) is 0. The summed E-state index contributed by atoms with van der Waals surface area (Å²) in [5, 5.41) is 11.5. The zero-order valence-electron chi connectivity index (χ0n) is 19.9. The van der Waals surface area contributed by atoms with E-state index in [0.29, 0.717) is 29.8 Å². The first-order chi connectivity index (χ1) is 18.0. The lowest BCUT2D eigenvalue weighted by Crippen LogP contribution is -2.46. The molecule has 6 rings (SSSR count). The second kappa shape index (κ2) is 9.18. The Morgan fingerprint density at radius 3 is 2.27 bits per heavy atom. The summed E-state index contributed by atoms with van der Waals surface area (Å²) in [6.07, 6.45) is 1.51. The highest BCUT2D eigenvalue weighted by Gasteiger charge is 2.33. The van der Waals surface area contributed by atoms with Crippen LogP contribution in [0.4, 0.5) is 11.4 Å². The Morgan fingerprint density at radius 1 is 0.865 bits per heavy atom. The molecule has 1 saturated heterocycles. The van der Waals surface area contributed by atoms with Gasteiger partial charge in [0.05, 0.1) is 10.5 Å². The number of ether oxygens (including phenoxy) is 2. The summed E-state index contributed by atoms with van der Waals surface area (Å²) in [5.74, 6) is 0.812. The Bertz CT molecular complexity index is 1440. The number of benzene rings is 3. The van der Waals surface area contributed by atoms with Crippen LogP contribution in [-0.4, -0.2) is 54.4 Å². The molecule has 0 N–H and O–H groups in total. The fourth-order valence-corrected chi connectivity index (χ4v) is 5.06. The monoisotopic (exact) mass is 497 g/mol. The molecule has 1 aliphatic carbocycles. The molecule has 0 bridgehead atoms. The third-order valence-corrected chi connectivity index (χ3v) is 6.98. The molecule has 2 heterocycles. The van der Waals surface area contributed by atoms with Gasteiger partial charge in [-0.25, -0.2) is 0 Å². The molecule has 0 amide bonds. The average molecular weight is 498 g/mol. The van der Waals surface area contributed by atoms with Crippen molar-refractivity contribution in [3.05, 3.63) is 98.6 Å². The van der Waals surface area contributed by atoms with Crippen molar-refractivity contribution in [1.82, 2.24) is 4.90 Å². The standard InChI is InChI=1S/C28H23N3O6/c32-27-21-3-1-2-4-22(21)28(33)23(27)15-19-14-20(31(34)35)6-7-24(19)30-11-9-29(10-12-30)16-18-5-8-25-26(13-18)37-17-36-25/h1-8,13-15H,9-12,16-17H2. The maximum absolute atomic E-state index is 12.9. The number of allylic oxidation sites excluding steroid dienone is 1. The van der Waals surface area contributed by atoms with Crippen LogP contribution in [-0.2, 0) is 6.54 Å². The van der Waals surface area contributed by atoms with Crippen molar-refractivity contribution in [2.75, 3.05) is 37.9 Å². The maximum Gasteiger partial charge on any atom is 0.270 e. The predicted molar refractivity (Wildman–Crippen MR) is 136 cm³/mol. The molecule has 186 valence electrons. The van der Waals surface area contributed by atoms with Gasteiger partial charge >= 0.3 is 0 Å². The largest absolute Gasteiger partial charge is 0.454 e. The topological polar surface area (TPSA) is 102 Å². The second-order valence-corrected chi connectivity index (χ2v) is 9.21. The maximum atomic E-state index is 12.9. The summed E-state index contributed by atoms with van der Waals surface area (Å²) in [4.78, 5) is 41.4. The van der Waals surface area contributed by atoms with Crippen LogP contribution >= 0.6 is 0 Å². The lowest BCUT2D eigenvalue weighted by atomic mass is 10.0. The van der Waals surface area contributed by atoms with Crippen LogP contribution in [0, 0.1) is 10.1 Å². The first-order valence-electron chi connectivity index (χ1n) is 12.0. The Hall–Kier alpha value is -4.50. The number of anilines is 1. The van der Waals surface area contributed by atoms with Crippen LogP contribution in [0.15, 0.2) is 66.2 Å². The van der Waals surface area contributed by atoms with Crippen molar-refractivity contribution in [2.24, 2.45) is 0 Å². The van der Waals surface area contributed by atoms with Gasteiger partial charge < -0.3 is 14.4 Å². The van der Waals surface area contributed by atoms with Crippen molar-refractivity contribution in [3.63, 3.8) is 0 Å². The van der Waals surface area contributed by atoms with Crippen LogP contribution in [0.3, 0.4) is 0 Å². The molecule has 9 heteroatoms. The number of rotatable bonds is 5. The number of carbonyl (C=O) groups is 2. The normalized spacial score (nSPS) is 16.8. The number of Topliss-reactive ketones (excluding diaryl/α,β-unsaturated/α-hetero) is 2. The molecule has 0 spiro atoms. The minimum absolute atomic E-state index is 0.0318. The van der Waals surface area contributed by atoms with Gasteiger partial charge in [-0.2, -0.15) is 0 Å². The molecule has 0 atom stereocenters. The van der Waals surface area contributed by atoms with Crippen LogP contribution in [0.5, 0.6) is 11.5 Å². The minimum Gasteiger partial charge on any atom is -0.454 e. The summed E-state index contributed by atoms with van der Waals surface area (Å²) in [6, 6.07) is 17.3. The SMILES string of the molecule is O=C1C(=Cc2cc([N+](=O)[O-])ccc2N2CCN(Cc3ccc4c(c3)OCO4)CC2)C(=O)c2ccccc21. The molecule has 2 aliphatic heterocycles. The van der Waals surface area contributed by atoms with E-state index >= 15 is 0 Å². The van der Waals surface area contributed by atoms with E-state index in [-0.39, 0.29) is 29.6 Å². The van der Waals surface area contributed by atoms with Gasteiger partial charge in [0.1, 0.15) is 0 Å². The van der Waals surface area contributed by atoms with Gasteiger partial charge in [0.15, 0.2) is 23.1 Å². The summed E-state index contributed by atoms with van der Waals surface area (Å²) in [5.41, 5.74) is 3.05. The van der Waals surface area contributed by atoms with Gasteiger partial charge in [0, 0.05) is 67.2 Å². The second-order valence-electron chi connectivity index (χ2n) is 9.21. The number of nitro groups is 1. The molecule has 0 aromatic heterocycles. The van der Waals surface area contributed by atoms with Gasteiger partial charge in [-0.3, -0.25) is 24.6 Å². The molecule has 3 aliphatic rings. The summed E-state index contributed by atoms with van der Waals surface area (Å²) < 4.78 is 10.9. The van der Waals surface area contributed by atoms with Crippen molar-refractivity contribution in [3.8, 4) is 11.5 Å². The molecule has 0 unspecified atom stereocenters. The molecular weight excluding hydrogens is 474 g/mol. The smallest absolute Gasteiger partial charge is 0.270 e. The number of nitrogens with zero attached hydrogens (tertiary/aromatic N) is 3. The van der Waals surface area contributed by atoms with Crippen molar-refractivity contribution >= 4 is 29.0 Å². The number of piperazine rings is 1. The van der Waals surface area contributed by atoms with Crippen LogP contribution in [0.2, 0.25) is 0 Å². The highest BCUT2D eigenvalue weighted by molar-refractivity contribution is 6.41. The number of ketones is 2. The Labute approximate surface area is 212 Å². The van der Waals surface area contributed by atoms with E-state index in [1.54, 1.807) is 30.3 Å². The number of carbonyl (C=O) groups excluding carboxylic acids is 2. The lowest BCUT2D eigenvalue weighted by Gasteiger charge is -2.36. The highest BCUT2D eigenvalue weighted by atomic mass is 16.7. The van der Waals surface area contributed by atoms with E-state index in [1.165, 1.54) is 18.2 Å². The first-order valence-corrected chi connectivity index (χ1v) is 12.0. The lowest BCUT2D eigenvalue weighted by molar-refractivity contribution is -0.384. The molecule has 0 radical (unpaired) electrons. The Kier molecular flexibility index (Phi) is 5.69. The molecule has 3 aromatic rings. The molecule has 37 heavy (non-hydrogen) atoms. The number of nitro benzene ring substituents is 1.